The Hall–Kier alpha value is -1.85. The van der Waals surface area contributed by atoms with Crippen LogP contribution < -0.4 is 5.32 Å². The molecular weight excluding hydrogens is 280 g/mol. The summed E-state index contributed by atoms with van der Waals surface area (Å²) in [4.78, 5) is 15.2. The Kier molecular flexibility index (Phi) is 5.08. The van der Waals surface area contributed by atoms with Crippen LogP contribution in [-0.2, 0) is 9.47 Å². The van der Waals surface area contributed by atoms with Crippen molar-refractivity contribution in [2.75, 3.05) is 33.0 Å². The molecule has 0 aliphatic carbocycles. The highest BCUT2D eigenvalue weighted by molar-refractivity contribution is 5.97. The molecule has 0 spiro atoms. The predicted octanol–water partition coefficient (Wildman–Crippen LogP) is 2.34. The lowest BCUT2D eigenvalue weighted by Gasteiger charge is -2.09. The molecule has 1 amide bonds. The van der Waals surface area contributed by atoms with Crippen LogP contribution in [0.5, 0.6) is 0 Å². The molecule has 118 valence electrons. The zero-order valence-electron chi connectivity index (χ0n) is 12.6. The van der Waals surface area contributed by atoms with Crippen LogP contribution in [0.4, 0.5) is 0 Å². The van der Waals surface area contributed by atoms with Gasteiger partial charge in [-0.1, -0.05) is 6.07 Å². The minimum atomic E-state index is -0.0410. The van der Waals surface area contributed by atoms with Gasteiger partial charge in [0.15, 0.2) is 0 Å². The number of rotatable bonds is 7. The quantitative estimate of drug-likeness (QED) is 0.772. The monoisotopic (exact) mass is 302 g/mol. The van der Waals surface area contributed by atoms with Crippen LogP contribution in [0.2, 0.25) is 0 Å². The van der Waals surface area contributed by atoms with Crippen LogP contribution in [0, 0.1) is 5.92 Å². The van der Waals surface area contributed by atoms with E-state index in [1.807, 2.05) is 30.5 Å². The summed E-state index contributed by atoms with van der Waals surface area (Å²) in [6, 6.07) is 7.67. The Morgan fingerprint density at radius 2 is 2.36 bits per heavy atom. The number of hydrogen-bond acceptors (Lipinski definition) is 3. The molecule has 0 saturated carbocycles. The fourth-order valence-electron chi connectivity index (χ4n) is 2.63. The van der Waals surface area contributed by atoms with Crippen molar-refractivity contribution in [3.63, 3.8) is 0 Å². The Labute approximate surface area is 130 Å². The van der Waals surface area contributed by atoms with Gasteiger partial charge in [0.05, 0.1) is 13.2 Å². The number of fused-ring (bicyclic) bond motifs is 1. The molecule has 1 fully saturated rings. The van der Waals surface area contributed by atoms with Crippen LogP contribution in [0.1, 0.15) is 23.2 Å². The highest BCUT2D eigenvalue weighted by Gasteiger charge is 2.15. The van der Waals surface area contributed by atoms with E-state index in [0.29, 0.717) is 24.6 Å². The van der Waals surface area contributed by atoms with Gasteiger partial charge in [-0.2, -0.15) is 0 Å². The van der Waals surface area contributed by atoms with Gasteiger partial charge in [-0.05, 0) is 36.4 Å². The molecule has 1 saturated heterocycles. The second-order valence-corrected chi connectivity index (χ2v) is 5.69. The lowest BCUT2D eigenvalue weighted by Crippen LogP contribution is -2.25. The zero-order chi connectivity index (χ0) is 15.2. The summed E-state index contributed by atoms with van der Waals surface area (Å²) in [5.41, 5.74) is 1.66. The molecule has 2 N–H and O–H groups in total. The summed E-state index contributed by atoms with van der Waals surface area (Å²) in [7, 11) is 0. The molecule has 2 aromatic rings. The summed E-state index contributed by atoms with van der Waals surface area (Å²) in [6.07, 6.45) is 3.79. The molecule has 1 aromatic carbocycles. The van der Waals surface area contributed by atoms with Gasteiger partial charge in [-0.15, -0.1) is 0 Å². The first-order chi connectivity index (χ1) is 10.8. The molecular formula is C17H22N2O3. The van der Waals surface area contributed by atoms with Crippen LogP contribution >= 0.6 is 0 Å². The van der Waals surface area contributed by atoms with Crippen molar-refractivity contribution in [1.82, 2.24) is 10.3 Å². The van der Waals surface area contributed by atoms with E-state index in [9.17, 15) is 4.79 Å². The molecule has 2 heterocycles. The average Bonchev–Trinajstić information content (AvgIpc) is 3.20. The summed E-state index contributed by atoms with van der Waals surface area (Å²) < 4.78 is 10.9. The molecule has 1 aliphatic heterocycles. The third-order valence-electron chi connectivity index (χ3n) is 3.95. The molecule has 1 atom stereocenters. The Balaban J connectivity index is 1.35. The van der Waals surface area contributed by atoms with E-state index >= 15 is 0 Å². The number of H-pyrrole nitrogens is 1. The fraction of sp³-hybridized carbons (Fsp3) is 0.471. The number of amides is 1. The number of aromatic amines is 1. The number of aromatic nitrogens is 1. The van der Waals surface area contributed by atoms with Crippen molar-refractivity contribution < 1.29 is 14.3 Å². The summed E-state index contributed by atoms with van der Waals surface area (Å²) >= 11 is 0. The van der Waals surface area contributed by atoms with E-state index in [0.717, 1.165) is 43.6 Å². The molecule has 5 heteroatoms. The van der Waals surface area contributed by atoms with Crippen molar-refractivity contribution in [1.29, 1.82) is 0 Å². The van der Waals surface area contributed by atoms with Crippen molar-refractivity contribution >= 4 is 16.8 Å². The first kappa shape index (κ1) is 15.1. The lowest BCUT2D eigenvalue weighted by atomic mass is 10.1. The number of nitrogens with one attached hydrogen (secondary N) is 2. The second kappa shape index (κ2) is 7.42. The molecule has 0 radical (unpaired) electrons. The summed E-state index contributed by atoms with van der Waals surface area (Å²) in [6.45, 7) is 3.74. The van der Waals surface area contributed by atoms with Gasteiger partial charge in [0, 0.05) is 43.0 Å². The topological polar surface area (TPSA) is 63.4 Å². The van der Waals surface area contributed by atoms with Gasteiger partial charge in [0.1, 0.15) is 0 Å². The van der Waals surface area contributed by atoms with E-state index in [-0.39, 0.29) is 5.91 Å². The van der Waals surface area contributed by atoms with Gasteiger partial charge >= 0.3 is 0 Å². The molecule has 1 aromatic heterocycles. The van der Waals surface area contributed by atoms with Crippen molar-refractivity contribution in [2.45, 2.75) is 12.8 Å². The highest BCUT2D eigenvalue weighted by Crippen LogP contribution is 2.14. The van der Waals surface area contributed by atoms with Crippen LogP contribution in [0.3, 0.4) is 0 Å². The molecule has 3 rings (SSSR count). The van der Waals surface area contributed by atoms with E-state index in [4.69, 9.17) is 9.47 Å². The normalized spacial score (nSPS) is 17.9. The van der Waals surface area contributed by atoms with Crippen LogP contribution in [0.25, 0.3) is 10.9 Å². The van der Waals surface area contributed by atoms with Gasteiger partial charge in [-0.25, -0.2) is 0 Å². The number of ether oxygens (including phenoxy) is 2. The van der Waals surface area contributed by atoms with Gasteiger partial charge < -0.3 is 19.8 Å². The molecule has 0 unspecified atom stereocenters. The molecule has 22 heavy (non-hydrogen) atoms. The number of carbonyl (C=O) groups excluding carboxylic acids is 1. The lowest BCUT2D eigenvalue weighted by molar-refractivity contribution is 0.0853. The van der Waals surface area contributed by atoms with Crippen molar-refractivity contribution in [3.8, 4) is 0 Å². The van der Waals surface area contributed by atoms with Gasteiger partial charge in [-0.3, -0.25) is 4.79 Å². The fourth-order valence-corrected chi connectivity index (χ4v) is 2.63. The SMILES string of the molecule is O=C(NCCCOC[C@H]1CCOC1)c1ccc2cc[nH]c2c1. The van der Waals surface area contributed by atoms with Crippen molar-refractivity contribution in [3.05, 3.63) is 36.0 Å². The molecule has 1 aliphatic rings. The van der Waals surface area contributed by atoms with E-state index < -0.39 is 0 Å². The first-order valence-corrected chi connectivity index (χ1v) is 7.84. The molecule has 5 nitrogen and oxygen atoms in total. The number of benzene rings is 1. The number of carbonyl (C=O) groups is 1. The third-order valence-corrected chi connectivity index (χ3v) is 3.95. The Morgan fingerprint density at radius 1 is 1.41 bits per heavy atom. The molecule has 0 bridgehead atoms. The van der Waals surface area contributed by atoms with Crippen LogP contribution in [0.15, 0.2) is 30.5 Å². The third kappa shape index (κ3) is 3.87. The average molecular weight is 302 g/mol. The summed E-state index contributed by atoms with van der Waals surface area (Å²) in [5.74, 6) is 0.503. The van der Waals surface area contributed by atoms with E-state index in [1.165, 1.54) is 0 Å². The maximum atomic E-state index is 12.1. The van der Waals surface area contributed by atoms with Gasteiger partial charge in [0.25, 0.3) is 5.91 Å². The van der Waals surface area contributed by atoms with Gasteiger partial charge in [0.2, 0.25) is 0 Å². The second-order valence-electron chi connectivity index (χ2n) is 5.69. The van der Waals surface area contributed by atoms with Crippen LogP contribution in [-0.4, -0.2) is 43.9 Å². The smallest absolute Gasteiger partial charge is 0.251 e. The predicted molar refractivity (Wildman–Crippen MR) is 85.0 cm³/mol. The highest BCUT2D eigenvalue weighted by atomic mass is 16.5. The Bertz CT molecular complexity index is 617. The maximum absolute atomic E-state index is 12.1. The van der Waals surface area contributed by atoms with E-state index in [2.05, 4.69) is 10.3 Å². The Morgan fingerprint density at radius 3 is 3.23 bits per heavy atom. The largest absolute Gasteiger partial charge is 0.381 e. The minimum Gasteiger partial charge on any atom is -0.381 e. The van der Waals surface area contributed by atoms with E-state index in [1.54, 1.807) is 0 Å². The summed E-state index contributed by atoms with van der Waals surface area (Å²) in [5, 5.41) is 4.04. The minimum absolute atomic E-state index is 0.0410. The first-order valence-electron chi connectivity index (χ1n) is 7.84. The zero-order valence-corrected chi connectivity index (χ0v) is 12.6. The standard InChI is InChI=1S/C17H22N2O3/c20-17(15-3-2-14-4-7-18-16(14)10-15)19-6-1-8-21-11-13-5-9-22-12-13/h2-4,7,10,13,18H,1,5-6,8-9,11-12H2,(H,19,20)/t13-/m1/s1. The maximum Gasteiger partial charge on any atom is 0.251 e. The number of hydrogen-bond donors (Lipinski definition) is 2. The van der Waals surface area contributed by atoms with Crippen molar-refractivity contribution in [2.24, 2.45) is 5.92 Å².